The fourth-order valence-corrected chi connectivity index (χ4v) is 3.10. The summed E-state index contributed by atoms with van der Waals surface area (Å²) in [7, 11) is 0. The van der Waals surface area contributed by atoms with Crippen molar-refractivity contribution < 1.29 is 0 Å². The summed E-state index contributed by atoms with van der Waals surface area (Å²) >= 11 is 2.12. The minimum Gasteiger partial charge on any atom is -0.314 e. The first-order valence-corrected chi connectivity index (χ1v) is 5.92. The van der Waals surface area contributed by atoms with E-state index in [9.17, 15) is 0 Å². The molecule has 0 saturated carbocycles. The maximum atomic E-state index is 3.35. The van der Waals surface area contributed by atoms with Gasteiger partial charge in [0, 0.05) is 42.7 Å². The fraction of sp³-hybridized carbons (Fsp3) is 1.00. The average molecular weight is 186 g/mol. The van der Waals surface area contributed by atoms with Crippen LogP contribution in [0.25, 0.3) is 0 Å². The van der Waals surface area contributed by atoms with Crippen LogP contribution in [0.15, 0.2) is 0 Å². The molecule has 0 radical (unpaired) electrons. The molecular weight excluding hydrogens is 168 g/mol. The van der Waals surface area contributed by atoms with Crippen LogP contribution in [-0.4, -0.2) is 47.6 Å². The van der Waals surface area contributed by atoms with Crippen LogP contribution < -0.4 is 5.32 Å². The molecular formula is C9H18N2S. The van der Waals surface area contributed by atoms with Gasteiger partial charge in [-0.2, -0.15) is 11.8 Å². The molecule has 2 rings (SSSR count). The highest BCUT2D eigenvalue weighted by Crippen LogP contribution is 2.26. The summed E-state index contributed by atoms with van der Waals surface area (Å²) in [4.78, 5) is 2.68. The minimum atomic E-state index is 0.774. The Morgan fingerprint density at radius 1 is 1.33 bits per heavy atom. The third-order valence-corrected chi connectivity index (χ3v) is 4.50. The number of rotatable bonds is 1. The van der Waals surface area contributed by atoms with Crippen molar-refractivity contribution >= 4 is 11.8 Å². The Labute approximate surface area is 79.1 Å². The molecule has 2 aliphatic heterocycles. The summed E-state index contributed by atoms with van der Waals surface area (Å²) in [6.45, 7) is 8.44. The average Bonchev–Trinajstić information content (AvgIpc) is 1.95. The van der Waals surface area contributed by atoms with Crippen LogP contribution in [0, 0.1) is 0 Å². The monoisotopic (exact) mass is 186 g/mol. The van der Waals surface area contributed by atoms with Gasteiger partial charge >= 0.3 is 0 Å². The molecule has 2 unspecified atom stereocenters. The Bertz CT molecular complexity index is 159. The lowest BCUT2D eigenvalue weighted by molar-refractivity contribution is 0.106. The van der Waals surface area contributed by atoms with Gasteiger partial charge in [-0.3, -0.25) is 4.90 Å². The summed E-state index contributed by atoms with van der Waals surface area (Å²) in [5, 5.41) is 4.16. The molecule has 0 aromatic carbocycles. The quantitative estimate of drug-likeness (QED) is 0.651. The van der Waals surface area contributed by atoms with Crippen molar-refractivity contribution in [2.24, 2.45) is 0 Å². The third kappa shape index (κ3) is 1.50. The highest BCUT2D eigenvalue weighted by molar-refractivity contribution is 8.00. The van der Waals surface area contributed by atoms with Crippen LogP contribution in [0.3, 0.4) is 0 Å². The molecule has 0 spiro atoms. The van der Waals surface area contributed by atoms with Gasteiger partial charge in [0.2, 0.25) is 0 Å². The summed E-state index contributed by atoms with van der Waals surface area (Å²) in [5.74, 6) is 1.32. The van der Waals surface area contributed by atoms with Crippen LogP contribution in [0.1, 0.15) is 13.8 Å². The number of hydrogen-bond donors (Lipinski definition) is 1. The number of thioether (sulfide) groups is 1. The van der Waals surface area contributed by atoms with Crippen molar-refractivity contribution in [2.75, 3.05) is 25.4 Å². The van der Waals surface area contributed by atoms with Gasteiger partial charge < -0.3 is 5.32 Å². The lowest BCUT2D eigenvalue weighted by Gasteiger charge is -2.46. The van der Waals surface area contributed by atoms with E-state index in [2.05, 4.69) is 35.8 Å². The molecule has 2 nitrogen and oxygen atoms in total. The highest BCUT2D eigenvalue weighted by atomic mass is 32.2. The second-order valence-electron chi connectivity index (χ2n) is 3.87. The molecule has 3 heteroatoms. The van der Waals surface area contributed by atoms with Gasteiger partial charge in [0.25, 0.3) is 0 Å². The second-order valence-corrected chi connectivity index (χ2v) is 5.35. The summed E-state index contributed by atoms with van der Waals surface area (Å²) < 4.78 is 0. The summed E-state index contributed by atoms with van der Waals surface area (Å²) in [6, 6.07) is 1.61. The number of hydrogen-bond acceptors (Lipinski definition) is 3. The van der Waals surface area contributed by atoms with Gasteiger partial charge in [-0.1, -0.05) is 6.92 Å². The van der Waals surface area contributed by atoms with Crippen molar-refractivity contribution in [1.29, 1.82) is 0 Å². The lowest BCUT2D eigenvalue weighted by atomic mass is 10.1. The smallest absolute Gasteiger partial charge is 0.0348 e. The van der Waals surface area contributed by atoms with Gasteiger partial charge in [-0.05, 0) is 6.92 Å². The minimum absolute atomic E-state index is 0.774. The number of nitrogens with zero attached hydrogens (tertiary/aromatic N) is 1. The van der Waals surface area contributed by atoms with E-state index in [0.29, 0.717) is 0 Å². The molecule has 0 amide bonds. The van der Waals surface area contributed by atoms with E-state index in [4.69, 9.17) is 0 Å². The normalized spacial score (nSPS) is 39.5. The molecule has 2 fully saturated rings. The first kappa shape index (κ1) is 8.85. The van der Waals surface area contributed by atoms with E-state index in [1.54, 1.807) is 0 Å². The number of nitrogens with one attached hydrogen (secondary N) is 1. The van der Waals surface area contributed by atoms with E-state index in [0.717, 1.165) is 17.3 Å². The predicted octanol–water partition coefficient (Wildman–Crippen LogP) is 0.784. The zero-order valence-electron chi connectivity index (χ0n) is 7.92. The molecule has 70 valence electrons. The largest absolute Gasteiger partial charge is 0.314 e. The second kappa shape index (κ2) is 3.56. The SMILES string of the molecule is CC1SCCN(C2CNC2)C1C. The first-order valence-electron chi connectivity index (χ1n) is 4.87. The van der Waals surface area contributed by atoms with Crippen molar-refractivity contribution in [3.63, 3.8) is 0 Å². The van der Waals surface area contributed by atoms with Crippen LogP contribution in [-0.2, 0) is 0 Å². The van der Waals surface area contributed by atoms with Gasteiger partial charge in [0.1, 0.15) is 0 Å². The fourth-order valence-electron chi connectivity index (χ4n) is 1.98. The standard InChI is InChI=1S/C9H18N2S/c1-7-8(2)12-4-3-11(7)9-5-10-6-9/h7-10H,3-6H2,1-2H3. The third-order valence-electron chi connectivity index (χ3n) is 3.16. The Morgan fingerprint density at radius 2 is 2.08 bits per heavy atom. The zero-order chi connectivity index (χ0) is 8.55. The summed E-state index contributed by atoms with van der Waals surface area (Å²) in [5.41, 5.74) is 0. The lowest BCUT2D eigenvalue weighted by Crippen LogP contribution is -2.62. The first-order chi connectivity index (χ1) is 5.79. The van der Waals surface area contributed by atoms with E-state index < -0.39 is 0 Å². The van der Waals surface area contributed by atoms with E-state index in [1.807, 2.05) is 0 Å². The topological polar surface area (TPSA) is 15.3 Å². The van der Waals surface area contributed by atoms with Gasteiger partial charge in [-0.25, -0.2) is 0 Å². The molecule has 0 aromatic rings. The van der Waals surface area contributed by atoms with E-state index in [1.165, 1.54) is 25.4 Å². The Hall–Kier alpha value is 0.270. The molecule has 12 heavy (non-hydrogen) atoms. The molecule has 2 aliphatic rings. The van der Waals surface area contributed by atoms with Crippen LogP contribution in [0.4, 0.5) is 0 Å². The van der Waals surface area contributed by atoms with Crippen molar-refractivity contribution in [1.82, 2.24) is 10.2 Å². The van der Waals surface area contributed by atoms with Crippen molar-refractivity contribution in [2.45, 2.75) is 31.2 Å². The highest BCUT2D eigenvalue weighted by Gasteiger charge is 2.33. The van der Waals surface area contributed by atoms with Crippen LogP contribution >= 0.6 is 11.8 Å². The Morgan fingerprint density at radius 3 is 2.67 bits per heavy atom. The van der Waals surface area contributed by atoms with Crippen molar-refractivity contribution in [3.05, 3.63) is 0 Å². The summed E-state index contributed by atoms with van der Waals surface area (Å²) in [6.07, 6.45) is 0. The van der Waals surface area contributed by atoms with Gasteiger partial charge in [0.05, 0.1) is 0 Å². The molecule has 0 bridgehead atoms. The van der Waals surface area contributed by atoms with Gasteiger partial charge in [-0.15, -0.1) is 0 Å². The zero-order valence-corrected chi connectivity index (χ0v) is 8.73. The van der Waals surface area contributed by atoms with E-state index >= 15 is 0 Å². The Balaban J connectivity index is 1.93. The molecule has 1 N–H and O–H groups in total. The maximum absolute atomic E-state index is 3.35. The molecule has 2 heterocycles. The molecule has 0 aromatic heterocycles. The molecule has 0 aliphatic carbocycles. The van der Waals surface area contributed by atoms with E-state index in [-0.39, 0.29) is 0 Å². The maximum Gasteiger partial charge on any atom is 0.0348 e. The van der Waals surface area contributed by atoms with Gasteiger partial charge in [0.15, 0.2) is 0 Å². The predicted molar refractivity (Wildman–Crippen MR) is 54.7 cm³/mol. The molecule has 2 atom stereocenters. The molecule has 2 saturated heterocycles. The van der Waals surface area contributed by atoms with Crippen LogP contribution in [0.5, 0.6) is 0 Å². The van der Waals surface area contributed by atoms with Crippen LogP contribution in [0.2, 0.25) is 0 Å². The van der Waals surface area contributed by atoms with Crippen molar-refractivity contribution in [3.8, 4) is 0 Å². The Kier molecular flexibility index (Phi) is 2.63.